The minimum Gasteiger partial charge on any atom is -0.456 e. The number of likely N-dealkylation sites (N-methyl/N-ethyl adjacent to an activating group) is 1. The first kappa shape index (κ1) is 20.4. The average Bonchev–Trinajstić information content (AvgIpc) is 2.86. The molecule has 2 aromatic rings. The van der Waals surface area contributed by atoms with Crippen LogP contribution < -0.4 is 0 Å². The number of halogens is 1. The largest absolute Gasteiger partial charge is 0.456 e. The van der Waals surface area contributed by atoms with Crippen molar-refractivity contribution in [3.05, 3.63) is 39.5 Å². The maximum absolute atomic E-state index is 12.7. The molecule has 5 nitrogen and oxygen atoms in total. The molecule has 0 spiro atoms. The smallest absolute Gasteiger partial charge is 0.236 e. The van der Waals surface area contributed by atoms with Crippen LogP contribution in [0.15, 0.2) is 22.0 Å². The van der Waals surface area contributed by atoms with Gasteiger partial charge in [-0.2, -0.15) is 4.31 Å². The third kappa shape index (κ3) is 4.24. The molecule has 3 rings (SSSR count). The number of hydrogen-bond donors (Lipinski definition) is 0. The number of nitrogens with zero attached hydrogens (tertiary/aromatic N) is 2. The van der Waals surface area contributed by atoms with E-state index in [1.165, 1.54) is 9.71 Å². The first-order chi connectivity index (χ1) is 12.9. The first-order valence-electron chi connectivity index (χ1n) is 9.46. The van der Waals surface area contributed by atoms with Crippen molar-refractivity contribution in [1.29, 1.82) is 0 Å². The molecule has 2 heterocycles. The molecule has 1 aliphatic rings. The van der Waals surface area contributed by atoms with Gasteiger partial charge in [-0.3, -0.25) is 0 Å². The molecule has 0 radical (unpaired) electrons. The van der Waals surface area contributed by atoms with Crippen molar-refractivity contribution in [1.82, 2.24) is 9.21 Å². The number of rotatable bonds is 7. The molecule has 148 valence electrons. The molecule has 0 fully saturated rings. The fourth-order valence-corrected chi connectivity index (χ4v) is 5.20. The van der Waals surface area contributed by atoms with Crippen molar-refractivity contribution in [2.75, 3.05) is 26.7 Å². The number of benzene rings is 1. The maximum atomic E-state index is 12.7. The Kier molecular flexibility index (Phi) is 6.31. The number of hydrogen-bond acceptors (Lipinski definition) is 4. The summed E-state index contributed by atoms with van der Waals surface area (Å²) in [5.41, 5.74) is 2.85. The summed E-state index contributed by atoms with van der Waals surface area (Å²) in [5, 5.41) is 3.04. The Morgan fingerprint density at radius 1 is 1.22 bits per heavy atom. The Balaban J connectivity index is 2.03. The van der Waals surface area contributed by atoms with Gasteiger partial charge in [0.2, 0.25) is 10.0 Å². The molecule has 0 saturated heterocycles. The molecule has 1 aliphatic heterocycles. The molecule has 0 N–H and O–H groups in total. The van der Waals surface area contributed by atoms with Gasteiger partial charge in [0.25, 0.3) is 0 Å². The highest BCUT2D eigenvalue weighted by Gasteiger charge is 2.23. The quantitative estimate of drug-likeness (QED) is 0.674. The van der Waals surface area contributed by atoms with E-state index in [0.29, 0.717) is 25.4 Å². The van der Waals surface area contributed by atoms with Crippen molar-refractivity contribution in [3.63, 3.8) is 0 Å². The summed E-state index contributed by atoms with van der Waals surface area (Å²) in [6.45, 7) is 6.61. The van der Waals surface area contributed by atoms with Crippen molar-refractivity contribution >= 4 is 38.7 Å². The zero-order valence-electron chi connectivity index (χ0n) is 16.2. The van der Waals surface area contributed by atoms with Crippen molar-refractivity contribution in [2.45, 2.75) is 39.7 Å². The van der Waals surface area contributed by atoms with E-state index in [1.807, 2.05) is 33.0 Å². The van der Waals surface area contributed by atoms with E-state index in [9.17, 15) is 8.42 Å². The van der Waals surface area contributed by atoms with Gasteiger partial charge in [0.05, 0.1) is 0 Å². The molecule has 27 heavy (non-hydrogen) atoms. The second-order valence-electron chi connectivity index (χ2n) is 7.08. The number of sulfonamides is 1. The zero-order valence-corrected chi connectivity index (χ0v) is 17.7. The van der Waals surface area contributed by atoms with Crippen LogP contribution in [0.5, 0.6) is 0 Å². The normalized spacial score (nSPS) is 15.9. The highest BCUT2D eigenvalue weighted by molar-refractivity contribution is 7.92. The van der Waals surface area contributed by atoms with E-state index in [2.05, 4.69) is 4.90 Å². The summed E-state index contributed by atoms with van der Waals surface area (Å²) in [4.78, 5) is 2.20. The van der Waals surface area contributed by atoms with Crippen molar-refractivity contribution in [3.8, 4) is 0 Å². The number of furan rings is 1. The minimum absolute atomic E-state index is 0.524. The van der Waals surface area contributed by atoms with Crippen LogP contribution in [0, 0.1) is 0 Å². The van der Waals surface area contributed by atoms with E-state index in [-0.39, 0.29) is 0 Å². The standard InChI is InChI=1S/C20H27ClN2O3S/c1-4-10-23(11-5-2)27(24,25)13-9-18-16-14-22(3)12-8-15-17(21)6-7-19(26-18)20(15)16/h6-7,9,13H,4-5,8,10-12,14H2,1-3H3/b13-9+. The predicted molar refractivity (Wildman–Crippen MR) is 111 cm³/mol. The van der Waals surface area contributed by atoms with E-state index in [0.717, 1.165) is 52.9 Å². The van der Waals surface area contributed by atoms with Crippen LogP contribution in [0.4, 0.5) is 0 Å². The fraction of sp³-hybridized carbons (Fsp3) is 0.500. The van der Waals surface area contributed by atoms with Gasteiger partial charge >= 0.3 is 0 Å². The van der Waals surface area contributed by atoms with Crippen LogP contribution in [-0.4, -0.2) is 44.3 Å². The summed E-state index contributed by atoms with van der Waals surface area (Å²) < 4.78 is 33.0. The SMILES string of the molecule is CCCN(CCC)S(=O)(=O)/C=C/c1oc2ccc(Cl)c3c2c1CN(C)CC3. The molecular weight excluding hydrogens is 384 g/mol. The second kappa shape index (κ2) is 8.35. The Hall–Kier alpha value is -1.34. The van der Waals surface area contributed by atoms with Crippen LogP contribution in [-0.2, 0) is 23.0 Å². The third-order valence-electron chi connectivity index (χ3n) is 4.91. The van der Waals surface area contributed by atoms with Gasteiger partial charge in [0, 0.05) is 47.6 Å². The second-order valence-corrected chi connectivity index (χ2v) is 9.30. The van der Waals surface area contributed by atoms with Crippen molar-refractivity contribution in [2.24, 2.45) is 0 Å². The highest BCUT2D eigenvalue weighted by Crippen LogP contribution is 2.36. The van der Waals surface area contributed by atoms with Gasteiger partial charge in [-0.05, 0) is 50.1 Å². The molecule has 0 unspecified atom stereocenters. The Morgan fingerprint density at radius 3 is 2.59 bits per heavy atom. The zero-order chi connectivity index (χ0) is 19.6. The topological polar surface area (TPSA) is 53.8 Å². The van der Waals surface area contributed by atoms with Gasteiger partial charge in [0.1, 0.15) is 11.3 Å². The summed E-state index contributed by atoms with van der Waals surface area (Å²) in [6, 6.07) is 3.72. The van der Waals surface area contributed by atoms with Gasteiger partial charge < -0.3 is 9.32 Å². The van der Waals surface area contributed by atoms with Gasteiger partial charge in [0.15, 0.2) is 0 Å². The fourth-order valence-electron chi connectivity index (χ4n) is 3.61. The lowest BCUT2D eigenvalue weighted by molar-refractivity contribution is 0.334. The van der Waals surface area contributed by atoms with Crippen molar-refractivity contribution < 1.29 is 12.8 Å². The maximum Gasteiger partial charge on any atom is 0.236 e. The van der Waals surface area contributed by atoms with Crippen LogP contribution in [0.25, 0.3) is 17.0 Å². The Morgan fingerprint density at radius 2 is 1.93 bits per heavy atom. The monoisotopic (exact) mass is 410 g/mol. The third-order valence-corrected chi connectivity index (χ3v) is 6.82. The van der Waals surface area contributed by atoms with E-state index in [1.54, 1.807) is 6.08 Å². The van der Waals surface area contributed by atoms with E-state index in [4.69, 9.17) is 16.0 Å². The molecule has 0 amide bonds. The molecule has 0 aliphatic carbocycles. The average molecular weight is 411 g/mol. The summed E-state index contributed by atoms with van der Waals surface area (Å²) in [7, 11) is -1.43. The van der Waals surface area contributed by atoms with Gasteiger partial charge in [-0.25, -0.2) is 8.42 Å². The molecule has 0 saturated carbocycles. The lowest BCUT2D eigenvalue weighted by Crippen LogP contribution is -2.30. The summed E-state index contributed by atoms with van der Waals surface area (Å²) in [5.74, 6) is 0.596. The molecule has 0 bridgehead atoms. The van der Waals surface area contributed by atoms with Crippen LogP contribution in [0.3, 0.4) is 0 Å². The predicted octanol–water partition coefficient (Wildman–Crippen LogP) is 4.50. The Bertz CT molecular complexity index is 944. The lowest BCUT2D eigenvalue weighted by Gasteiger charge is -2.18. The molecule has 1 aromatic heterocycles. The highest BCUT2D eigenvalue weighted by atomic mass is 35.5. The molecule has 7 heteroatoms. The van der Waals surface area contributed by atoms with E-state index < -0.39 is 10.0 Å². The van der Waals surface area contributed by atoms with Crippen LogP contribution >= 0.6 is 11.6 Å². The Labute approximate surface area is 166 Å². The summed E-state index contributed by atoms with van der Waals surface area (Å²) >= 11 is 6.42. The van der Waals surface area contributed by atoms with Crippen LogP contribution in [0.1, 0.15) is 43.6 Å². The van der Waals surface area contributed by atoms with Crippen LogP contribution in [0.2, 0.25) is 5.02 Å². The first-order valence-corrected chi connectivity index (χ1v) is 11.3. The van der Waals surface area contributed by atoms with E-state index >= 15 is 0 Å². The molecule has 1 aromatic carbocycles. The van der Waals surface area contributed by atoms with Gasteiger partial charge in [-0.1, -0.05) is 25.4 Å². The summed E-state index contributed by atoms with van der Waals surface area (Å²) in [6.07, 6.45) is 4.02. The molecular formula is C20H27ClN2O3S. The lowest BCUT2D eigenvalue weighted by atomic mass is 10.0. The molecule has 0 atom stereocenters. The minimum atomic E-state index is -3.48. The van der Waals surface area contributed by atoms with Gasteiger partial charge in [-0.15, -0.1) is 0 Å².